The summed E-state index contributed by atoms with van der Waals surface area (Å²) < 4.78 is 1.36. The minimum absolute atomic E-state index is 0.00238. The number of carboxylic acid groups (broad SMARTS) is 1. The standard InChI is InChI=1S/C10H16N2O3/c1-10(2,3)5-6-7(8(13)14)11-9(15)12(6)4/h5H2,1-4H3,(H,11,15)(H,13,14). The Balaban J connectivity index is 3.26. The third kappa shape index (κ3) is 2.49. The molecular weight excluding hydrogens is 196 g/mol. The molecule has 0 saturated heterocycles. The van der Waals surface area contributed by atoms with Gasteiger partial charge in [-0.25, -0.2) is 9.59 Å². The molecule has 0 amide bonds. The van der Waals surface area contributed by atoms with Gasteiger partial charge in [-0.3, -0.25) is 9.55 Å². The lowest BCUT2D eigenvalue weighted by Gasteiger charge is -2.18. The largest absolute Gasteiger partial charge is 0.477 e. The van der Waals surface area contributed by atoms with Gasteiger partial charge in [-0.05, 0) is 11.8 Å². The summed E-state index contributed by atoms with van der Waals surface area (Å²) in [5, 5.41) is 8.92. The summed E-state index contributed by atoms with van der Waals surface area (Å²) in [6.07, 6.45) is 0.546. The second kappa shape index (κ2) is 3.56. The number of aromatic carboxylic acids is 1. The van der Waals surface area contributed by atoms with Crippen LogP contribution in [0, 0.1) is 5.41 Å². The molecule has 1 aromatic heterocycles. The predicted octanol–water partition coefficient (Wildman–Crippen LogP) is 1.00. The minimum atomic E-state index is -1.09. The first-order valence-electron chi connectivity index (χ1n) is 4.73. The van der Waals surface area contributed by atoms with Crippen LogP contribution in [0.3, 0.4) is 0 Å². The number of carbonyl (C=O) groups is 1. The molecule has 0 aliphatic carbocycles. The number of hydrogen-bond acceptors (Lipinski definition) is 2. The number of H-pyrrole nitrogens is 1. The van der Waals surface area contributed by atoms with Crippen LogP contribution in [0.1, 0.15) is 37.0 Å². The summed E-state index contributed by atoms with van der Waals surface area (Å²) in [5.41, 5.74) is 0.0976. The second-order valence-electron chi connectivity index (χ2n) is 4.85. The SMILES string of the molecule is Cn1c(CC(C)(C)C)c(C(=O)O)[nH]c1=O. The molecule has 0 radical (unpaired) electrons. The highest BCUT2D eigenvalue weighted by molar-refractivity contribution is 5.86. The van der Waals surface area contributed by atoms with Gasteiger partial charge in [0, 0.05) is 7.05 Å². The van der Waals surface area contributed by atoms with Crippen molar-refractivity contribution >= 4 is 5.97 Å². The molecule has 5 heteroatoms. The lowest BCUT2D eigenvalue weighted by Crippen LogP contribution is -2.18. The first kappa shape index (κ1) is 11.6. The Labute approximate surface area is 87.7 Å². The Bertz CT molecular complexity index is 435. The molecule has 0 fully saturated rings. The van der Waals surface area contributed by atoms with Crippen molar-refractivity contribution in [3.05, 3.63) is 21.9 Å². The van der Waals surface area contributed by atoms with Crippen molar-refractivity contribution in [2.24, 2.45) is 12.5 Å². The van der Waals surface area contributed by atoms with Crippen LogP contribution in [0.5, 0.6) is 0 Å². The lowest BCUT2D eigenvalue weighted by atomic mass is 9.90. The van der Waals surface area contributed by atoms with Gasteiger partial charge in [0.1, 0.15) is 5.69 Å². The molecule has 0 atom stereocenters. The maximum Gasteiger partial charge on any atom is 0.354 e. The number of carboxylic acids is 1. The number of imidazole rings is 1. The van der Waals surface area contributed by atoms with E-state index in [1.807, 2.05) is 20.8 Å². The van der Waals surface area contributed by atoms with Crippen LogP contribution in [0.4, 0.5) is 0 Å². The van der Waals surface area contributed by atoms with Crippen molar-refractivity contribution in [3.8, 4) is 0 Å². The molecule has 0 aromatic carbocycles. The zero-order valence-corrected chi connectivity index (χ0v) is 9.42. The van der Waals surface area contributed by atoms with Crippen molar-refractivity contribution < 1.29 is 9.90 Å². The normalized spacial score (nSPS) is 11.7. The zero-order valence-electron chi connectivity index (χ0n) is 9.42. The van der Waals surface area contributed by atoms with Crippen LogP contribution in [0.2, 0.25) is 0 Å². The molecule has 1 rings (SSSR count). The van der Waals surface area contributed by atoms with Crippen molar-refractivity contribution in [1.82, 2.24) is 9.55 Å². The zero-order chi connectivity index (χ0) is 11.8. The highest BCUT2D eigenvalue weighted by atomic mass is 16.4. The van der Waals surface area contributed by atoms with Gasteiger partial charge in [0.2, 0.25) is 0 Å². The molecule has 1 aromatic rings. The Kier molecular flexibility index (Phi) is 2.75. The fourth-order valence-electron chi connectivity index (χ4n) is 1.44. The summed E-state index contributed by atoms with van der Waals surface area (Å²) in [6.45, 7) is 5.99. The summed E-state index contributed by atoms with van der Waals surface area (Å²) >= 11 is 0. The maximum atomic E-state index is 11.3. The Morgan fingerprint density at radius 2 is 2.00 bits per heavy atom. The van der Waals surface area contributed by atoms with Gasteiger partial charge in [-0.2, -0.15) is 0 Å². The maximum absolute atomic E-state index is 11.3. The number of aromatic amines is 1. The van der Waals surface area contributed by atoms with Crippen molar-refractivity contribution in [2.75, 3.05) is 0 Å². The van der Waals surface area contributed by atoms with Crippen LogP contribution in [-0.4, -0.2) is 20.6 Å². The number of aromatic nitrogens is 2. The first-order chi connectivity index (χ1) is 6.72. The fraction of sp³-hybridized carbons (Fsp3) is 0.600. The van der Waals surface area contributed by atoms with E-state index in [4.69, 9.17) is 5.11 Å². The molecule has 0 bridgehead atoms. The smallest absolute Gasteiger partial charge is 0.354 e. The van der Waals surface area contributed by atoms with Gasteiger partial charge in [0.05, 0.1) is 5.69 Å². The number of rotatable bonds is 2. The van der Waals surface area contributed by atoms with E-state index in [-0.39, 0.29) is 16.8 Å². The second-order valence-corrected chi connectivity index (χ2v) is 4.85. The summed E-state index contributed by atoms with van der Waals surface area (Å²) in [5.74, 6) is -1.09. The third-order valence-corrected chi connectivity index (χ3v) is 2.14. The van der Waals surface area contributed by atoms with Gasteiger partial charge in [-0.1, -0.05) is 20.8 Å². The lowest BCUT2D eigenvalue weighted by molar-refractivity contribution is 0.0689. The van der Waals surface area contributed by atoms with E-state index in [2.05, 4.69) is 4.98 Å². The van der Waals surface area contributed by atoms with E-state index in [0.29, 0.717) is 12.1 Å². The Morgan fingerprint density at radius 3 is 2.40 bits per heavy atom. The number of hydrogen-bond donors (Lipinski definition) is 2. The highest BCUT2D eigenvalue weighted by Gasteiger charge is 2.22. The van der Waals surface area contributed by atoms with Crippen LogP contribution in [-0.2, 0) is 13.5 Å². The van der Waals surface area contributed by atoms with Gasteiger partial charge in [0.25, 0.3) is 0 Å². The molecule has 1 heterocycles. The average molecular weight is 212 g/mol. The average Bonchev–Trinajstić information content (AvgIpc) is 2.30. The van der Waals surface area contributed by atoms with Crippen molar-refractivity contribution in [2.45, 2.75) is 27.2 Å². The predicted molar refractivity (Wildman–Crippen MR) is 56.2 cm³/mol. The Hall–Kier alpha value is -1.52. The molecular formula is C10H16N2O3. The van der Waals surface area contributed by atoms with Crippen molar-refractivity contribution in [3.63, 3.8) is 0 Å². The summed E-state index contributed by atoms with van der Waals surface area (Å²) in [4.78, 5) is 24.5. The van der Waals surface area contributed by atoms with Crippen LogP contribution in [0.25, 0.3) is 0 Å². The molecule has 0 aliphatic heterocycles. The number of nitrogens with zero attached hydrogens (tertiary/aromatic N) is 1. The van der Waals surface area contributed by atoms with Crippen LogP contribution < -0.4 is 5.69 Å². The topological polar surface area (TPSA) is 75.1 Å². The van der Waals surface area contributed by atoms with E-state index in [1.165, 1.54) is 4.57 Å². The molecule has 84 valence electrons. The Morgan fingerprint density at radius 1 is 1.47 bits per heavy atom. The van der Waals surface area contributed by atoms with Crippen LogP contribution in [0.15, 0.2) is 4.79 Å². The van der Waals surface area contributed by atoms with Gasteiger partial charge in [0.15, 0.2) is 0 Å². The van der Waals surface area contributed by atoms with E-state index >= 15 is 0 Å². The quantitative estimate of drug-likeness (QED) is 0.768. The van der Waals surface area contributed by atoms with Gasteiger partial charge < -0.3 is 5.11 Å². The first-order valence-corrected chi connectivity index (χ1v) is 4.73. The van der Waals surface area contributed by atoms with Crippen LogP contribution >= 0.6 is 0 Å². The number of nitrogens with one attached hydrogen (secondary N) is 1. The van der Waals surface area contributed by atoms with E-state index in [1.54, 1.807) is 7.05 Å². The van der Waals surface area contributed by atoms with E-state index in [9.17, 15) is 9.59 Å². The molecule has 15 heavy (non-hydrogen) atoms. The van der Waals surface area contributed by atoms with Gasteiger partial charge in [-0.15, -0.1) is 0 Å². The monoisotopic (exact) mass is 212 g/mol. The minimum Gasteiger partial charge on any atom is -0.477 e. The summed E-state index contributed by atoms with van der Waals surface area (Å²) in [7, 11) is 1.58. The fourth-order valence-corrected chi connectivity index (χ4v) is 1.44. The molecule has 0 unspecified atom stereocenters. The molecule has 0 aliphatic rings. The highest BCUT2D eigenvalue weighted by Crippen LogP contribution is 2.21. The third-order valence-electron chi connectivity index (χ3n) is 2.14. The van der Waals surface area contributed by atoms with E-state index < -0.39 is 5.97 Å². The molecule has 0 spiro atoms. The molecule has 2 N–H and O–H groups in total. The van der Waals surface area contributed by atoms with Gasteiger partial charge >= 0.3 is 11.7 Å². The summed E-state index contributed by atoms with van der Waals surface area (Å²) in [6, 6.07) is 0. The molecule has 0 saturated carbocycles. The molecule has 5 nitrogen and oxygen atoms in total. The van der Waals surface area contributed by atoms with Crippen molar-refractivity contribution in [1.29, 1.82) is 0 Å². The van der Waals surface area contributed by atoms with E-state index in [0.717, 1.165) is 0 Å².